The zero-order valence-corrected chi connectivity index (χ0v) is 10.1. The van der Waals surface area contributed by atoms with Crippen LogP contribution >= 0.6 is 11.6 Å². The number of ether oxygens (including phenoxy) is 1. The fraction of sp³-hybridized carbons (Fsp3) is 0.167. The van der Waals surface area contributed by atoms with Gasteiger partial charge < -0.3 is 10.1 Å². The van der Waals surface area contributed by atoms with E-state index >= 15 is 0 Å². The van der Waals surface area contributed by atoms with Crippen LogP contribution in [0.4, 0.5) is 5.69 Å². The molecule has 1 aliphatic heterocycles. The molecule has 0 aliphatic carbocycles. The van der Waals surface area contributed by atoms with Crippen molar-refractivity contribution in [2.45, 2.75) is 6.04 Å². The van der Waals surface area contributed by atoms with Gasteiger partial charge in [-0.05, 0) is 6.07 Å². The predicted molar refractivity (Wildman–Crippen MR) is 68.2 cm³/mol. The molecule has 1 aromatic carbocycles. The van der Waals surface area contributed by atoms with Crippen LogP contribution in [0.2, 0.25) is 5.02 Å². The molecule has 0 bridgehead atoms. The molecule has 2 aromatic rings. The molecule has 5 nitrogen and oxygen atoms in total. The van der Waals surface area contributed by atoms with Gasteiger partial charge in [-0.15, -0.1) is 0 Å². The van der Waals surface area contributed by atoms with E-state index in [1.807, 2.05) is 24.3 Å². The van der Waals surface area contributed by atoms with Gasteiger partial charge >= 0.3 is 0 Å². The van der Waals surface area contributed by atoms with Gasteiger partial charge in [-0.2, -0.15) is 5.10 Å². The number of halogens is 1. The van der Waals surface area contributed by atoms with Gasteiger partial charge in [-0.3, -0.25) is 4.79 Å². The zero-order chi connectivity index (χ0) is 12.5. The van der Waals surface area contributed by atoms with E-state index in [4.69, 9.17) is 16.3 Å². The number of hydrogen-bond acceptors (Lipinski definition) is 4. The number of rotatable bonds is 2. The highest BCUT2D eigenvalue weighted by molar-refractivity contribution is 6.32. The molecule has 0 radical (unpaired) electrons. The maximum Gasteiger partial charge on any atom is 0.285 e. The van der Waals surface area contributed by atoms with E-state index in [0.29, 0.717) is 12.3 Å². The summed E-state index contributed by atoms with van der Waals surface area (Å²) in [5, 5.41) is 9.27. The molecule has 0 spiro atoms. The number of aromatic nitrogens is 2. The van der Waals surface area contributed by atoms with Crippen molar-refractivity contribution in [3.8, 4) is 5.75 Å². The molecule has 0 saturated heterocycles. The summed E-state index contributed by atoms with van der Waals surface area (Å²) in [6.07, 6.45) is 1.49. The first-order valence-electron chi connectivity index (χ1n) is 5.47. The SMILES string of the molecule is O=c1[nH]ncc(NC2COc3ccccc32)c1Cl. The molecule has 1 aromatic heterocycles. The van der Waals surface area contributed by atoms with Crippen LogP contribution in [-0.2, 0) is 0 Å². The minimum Gasteiger partial charge on any atom is -0.491 e. The Balaban J connectivity index is 1.91. The van der Waals surface area contributed by atoms with Crippen molar-refractivity contribution in [2.75, 3.05) is 11.9 Å². The van der Waals surface area contributed by atoms with E-state index in [1.165, 1.54) is 6.20 Å². The van der Waals surface area contributed by atoms with Crippen molar-refractivity contribution in [2.24, 2.45) is 0 Å². The van der Waals surface area contributed by atoms with Gasteiger partial charge in [0.05, 0.1) is 17.9 Å². The molecule has 1 atom stereocenters. The van der Waals surface area contributed by atoms with E-state index in [2.05, 4.69) is 15.5 Å². The third-order valence-electron chi connectivity index (χ3n) is 2.83. The maximum absolute atomic E-state index is 11.3. The monoisotopic (exact) mass is 263 g/mol. The molecule has 0 fully saturated rings. The Morgan fingerprint density at radius 3 is 3.17 bits per heavy atom. The van der Waals surface area contributed by atoms with Crippen molar-refractivity contribution >= 4 is 17.3 Å². The van der Waals surface area contributed by atoms with E-state index in [0.717, 1.165) is 11.3 Å². The lowest BCUT2D eigenvalue weighted by Crippen LogP contribution is -2.16. The first kappa shape index (κ1) is 11.1. The number of para-hydroxylation sites is 1. The maximum atomic E-state index is 11.3. The highest BCUT2D eigenvalue weighted by Gasteiger charge is 2.24. The molecule has 1 aliphatic rings. The second-order valence-electron chi connectivity index (χ2n) is 3.97. The van der Waals surface area contributed by atoms with Crippen LogP contribution in [0.15, 0.2) is 35.3 Å². The van der Waals surface area contributed by atoms with Gasteiger partial charge in [-0.25, -0.2) is 5.10 Å². The molecule has 6 heteroatoms. The minimum atomic E-state index is -0.408. The van der Waals surface area contributed by atoms with E-state index < -0.39 is 5.56 Å². The number of fused-ring (bicyclic) bond motifs is 1. The van der Waals surface area contributed by atoms with Gasteiger partial charge in [0.15, 0.2) is 0 Å². The fourth-order valence-electron chi connectivity index (χ4n) is 1.95. The summed E-state index contributed by atoms with van der Waals surface area (Å²) in [6, 6.07) is 7.73. The number of H-pyrrole nitrogens is 1. The number of nitrogens with one attached hydrogen (secondary N) is 2. The fourth-order valence-corrected chi connectivity index (χ4v) is 2.10. The number of aromatic amines is 1. The van der Waals surface area contributed by atoms with Crippen molar-refractivity contribution in [1.82, 2.24) is 10.2 Å². The Labute approximate surface area is 108 Å². The van der Waals surface area contributed by atoms with Crippen molar-refractivity contribution in [1.29, 1.82) is 0 Å². The summed E-state index contributed by atoms with van der Waals surface area (Å²) >= 11 is 5.91. The second kappa shape index (κ2) is 4.34. The van der Waals surface area contributed by atoms with Gasteiger partial charge in [-0.1, -0.05) is 29.8 Å². The Hall–Kier alpha value is -2.01. The second-order valence-corrected chi connectivity index (χ2v) is 4.35. The smallest absolute Gasteiger partial charge is 0.285 e. The molecule has 0 saturated carbocycles. The highest BCUT2D eigenvalue weighted by atomic mass is 35.5. The Bertz CT molecular complexity index is 641. The number of hydrogen-bond donors (Lipinski definition) is 2. The quantitative estimate of drug-likeness (QED) is 0.869. The summed E-state index contributed by atoms with van der Waals surface area (Å²) in [5.41, 5.74) is 1.15. The van der Waals surface area contributed by atoms with Gasteiger partial charge in [0, 0.05) is 5.56 Å². The summed E-state index contributed by atoms with van der Waals surface area (Å²) < 4.78 is 5.54. The largest absolute Gasteiger partial charge is 0.491 e. The van der Waals surface area contributed by atoms with Gasteiger partial charge in [0.1, 0.15) is 17.4 Å². The lowest BCUT2D eigenvalue weighted by molar-refractivity contribution is 0.340. The van der Waals surface area contributed by atoms with Crippen molar-refractivity contribution in [3.63, 3.8) is 0 Å². The molecular formula is C12H10ClN3O2. The standard InChI is InChI=1S/C12H10ClN3O2/c13-11-8(5-14-16-12(11)17)15-9-6-18-10-4-2-1-3-7(9)10/h1-5,9H,6H2,(H2,15,16,17). The van der Waals surface area contributed by atoms with Crippen LogP contribution in [0, 0.1) is 0 Å². The third-order valence-corrected chi connectivity index (χ3v) is 3.20. The first-order chi connectivity index (χ1) is 8.75. The van der Waals surface area contributed by atoms with Gasteiger partial charge in [0.25, 0.3) is 5.56 Å². The predicted octanol–water partition coefficient (Wildman–Crippen LogP) is 1.97. The van der Waals surface area contributed by atoms with Crippen LogP contribution in [0.3, 0.4) is 0 Å². The lowest BCUT2D eigenvalue weighted by atomic mass is 10.1. The van der Waals surface area contributed by atoms with E-state index in [9.17, 15) is 4.79 Å². The normalized spacial score (nSPS) is 17.1. The average molecular weight is 264 g/mol. The number of nitrogens with zero attached hydrogens (tertiary/aromatic N) is 1. The first-order valence-corrected chi connectivity index (χ1v) is 5.85. The van der Waals surface area contributed by atoms with Crippen molar-refractivity contribution in [3.05, 3.63) is 51.4 Å². The molecule has 2 N–H and O–H groups in total. The Morgan fingerprint density at radius 1 is 1.44 bits per heavy atom. The molecule has 1 unspecified atom stereocenters. The van der Waals surface area contributed by atoms with Crippen LogP contribution in [-0.4, -0.2) is 16.8 Å². The summed E-state index contributed by atoms with van der Waals surface area (Å²) in [6.45, 7) is 0.502. The Kier molecular flexibility index (Phi) is 2.68. The Morgan fingerprint density at radius 2 is 2.28 bits per heavy atom. The topological polar surface area (TPSA) is 67.0 Å². The molecule has 3 rings (SSSR count). The molecule has 0 amide bonds. The molecule has 18 heavy (non-hydrogen) atoms. The number of benzene rings is 1. The highest BCUT2D eigenvalue weighted by Crippen LogP contribution is 2.34. The van der Waals surface area contributed by atoms with E-state index in [1.54, 1.807) is 0 Å². The zero-order valence-electron chi connectivity index (χ0n) is 9.31. The summed E-state index contributed by atoms with van der Waals surface area (Å²) in [5.74, 6) is 0.851. The number of anilines is 1. The van der Waals surface area contributed by atoms with Crippen LogP contribution in [0.25, 0.3) is 0 Å². The summed E-state index contributed by atoms with van der Waals surface area (Å²) in [4.78, 5) is 11.3. The molecule has 2 heterocycles. The van der Waals surface area contributed by atoms with Crippen molar-refractivity contribution < 1.29 is 4.74 Å². The third kappa shape index (κ3) is 1.82. The average Bonchev–Trinajstić information content (AvgIpc) is 2.79. The molecular weight excluding hydrogens is 254 g/mol. The minimum absolute atomic E-state index is 0.0256. The summed E-state index contributed by atoms with van der Waals surface area (Å²) in [7, 11) is 0. The molecule has 92 valence electrons. The van der Waals surface area contributed by atoms with Crippen LogP contribution < -0.4 is 15.6 Å². The van der Waals surface area contributed by atoms with Gasteiger partial charge in [0.2, 0.25) is 0 Å². The lowest BCUT2D eigenvalue weighted by Gasteiger charge is -2.13. The van der Waals surface area contributed by atoms with Crippen LogP contribution in [0.5, 0.6) is 5.75 Å². The van der Waals surface area contributed by atoms with Crippen LogP contribution in [0.1, 0.15) is 11.6 Å². The van der Waals surface area contributed by atoms with E-state index in [-0.39, 0.29) is 11.1 Å².